The summed E-state index contributed by atoms with van der Waals surface area (Å²) in [7, 11) is 0. The topological polar surface area (TPSA) is 62.5 Å². The minimum Gasteiger partial charge on any atom is -0.472 e. The Bertz CT molecular complexity index is 641. The van der Waals surface area contributed by atoms with E-state index in [0.717, 1.165) is 24.6 Å². The maximum absolute atomic E-state index is 12.3. The van der Waals surface area contributed by atoms with Gasteiger partial charge >= 0.3 is 0 Å². The van der Waals surface area contributed by atoms with Crippen molar-refractivity contribution in [2.24, 2.45) is 0 Å². The van der Waals surface area contributed by atoms with Crippen LogP contribution in [-0.4, -0.2) is 47.2 Å². The fourth-order valence-electron chi connectivity index (χ4n) is 2.81. The van der Waals surface area contributed by atoms with Gasteiger partial charge in [-0.15, -0.1) is 5.10 Å². The van der Waals surface area contributed by atoms with Crippen LogP contribution in [0.1, 0.15) is 34.8 Å². The molecule has 1 aliphatic carbocycles. The summed E-state index contributed by atoms with van der Waals surface area (Å²) < 4.78 is 4.98. The van der Waals surface area contributed by atoms with Crippen molar-refractivity contribution < 1.29 is 9.21 Å². The molecule has 0 bridgehead atoms. The summed E-state index contributed by atoms with van der Waals surface area (Å²) in [5.74, 6) is 1.56. The first-order valence-electron chi connectivity index (χ1n) is 7.71. The summed E-state index contributed by atoms with van der Waals surface area (Å²) >= 11 is 0. The molecule has 1 saturated heterocycles. The Kier molecular flexibility index (Phi) is 3.29. The molecule has 2 aromatic heterocycles. The highest BCUT2D eigenvalue weighted by Gasteiger charge is 2.26. The summed E-state index contributed by atoms with van der Waals surface area (Å²) in [6.07, 6.45) is 5.50. The summed E-state index contributed by atoms with van der Waals surface area (Å²) in [5.41, 5.74) is 1.72. The normalized spacial score (nSPS) is 18.5. The maximum atomic E-state index is 12.3. The average molecular weight is 298 g/mol. The van der Waals surface area contributed by atoms with E-state index in [1.165, 1.54) is 25.4 Å². The van der Waals surface area contributed by atoms with Crippen LogP contribution in [0.2, 0.25) is 0 Å². The van der Waals surface area contributed by atoms with E-state index in [1.807, 2.05) is 11.0 Å². The molecule has 0 aromatic carbocycles. The van der Waals surface area contributed by atoms with E-state index in [1.54, 1.807) is 6.07 Å². The number of aromatic nitrogens is 2. The summed E-state index contributed by atoms with van der Waals surface area (Å²) in [6.45, 7) is 2.94. The third-order valence-electron chi connectivity index (χ3n) is 4.33. The molecule has 1 amide bonds. The molecule has 1 aliphatic heterocycles. The maximum Gasteiger partial charge on any atom is 0.257 e. The lowest BCUT2D eigenvalue weighted by Crippen LogP contribution is -2.49. The molecule has 2 aliphatic rings. The number of piperazine rings is 1. The quantitative estimate of drug-likeness (QED) is 0.866. The van der Waals surface area contributed by atoms with E-state index in [4.69, 9.17) is 4.42 Å². The van der Waals surface area contributed by atoms with Crippen molar-refractivity contribution in [2.45, 2.75) is 18.8 Å². The van der Waals surface area contributed by atoms with Gasteiger partial charge in [0.05, 0.1) is 17.5 Å². The highest BCUT2D eigenvalue weighted by atomic mass is 16.3. The molecular formula is C16H18N4O2. The molecule has 0 unspecified atom stereocenters. The number of rotatable bonds is 3. The van der Waals surface area contributed by atoms with Gasteiger partial charge in [0, 0.05) is 32.1 Å². The number of amides is 1. The van der Waals surface area contributed by atoms with E-state index in [-0.39, 0.29) is 5.91 Å². The Labute approximate surface area is 128 Å². The minimum absolute atomic E-state index is 0.0311. The lowest BCUT2D eigenvalue weighted by Gasteiger charge is -2.35. The third kappa shape index (κ3) is 2.56. The van der Waals surface area contributed by atoms with Crippen LogP contribution in [0, 0.1) is 0 Å². The van der Waals surface area contributed by atoms with Crippen molar-refractivity contribution in [1.29, 1.82) is 0 Å². The highest BCUT2D eigenvalue weighted by Crippen LogP contribution is 2.38. The second-order valence-electron chi connectivity index (χ2n) is 5.88. The van der Waals surface area contributed by atoms with E-state index in [2.05, 4.69) is 21.2 Å². The van der Waals surface area contributed by atoms with Crippen molar-refractivity contribution in [3.8, 4) is 0 Å². The SMILES string of the molecule is O=C(c1ccoc1)N1CCN(c2ccc(C3CC3)nn2)CC1. The minimum atomic E-state index is 0.0311. The van der Waals surface area contributed by atoms with Gasteiger partial charge in [0.15, 0.2) is 5.82 Å². The lowest BCUT2D eigenvalue weighted by molar-refractivity contribution is 0.0745. The van der Waals surface area contributed by atoms with Gasteiger partial charge in [-0.1, -0.05) is 0 Å². The van der Waals surface area contributed by atoms with Gasteiger partial charge in [-0.2, -0.15) is 5.10 Å². The molecular weight excluding hydrogens is 280 g/mol. The van der Waals surface area contributed by atoms with Crippen LogP contribution in [0.15, 0.2) is 35.1 Å². The van der Waals surface area contributed by atoms with Crippen LogP contribution in [0.4, 0.5) is 5.82 Å². The van der Waals surface area contributed by atoms with Gasteiger partial charge in [-0.25, -0.2) is 0 Å². The molecule has 6 nitrogen and oxygen atoms in total. The van der Waals surface area contributed by atoms with Crippen LogP contribution in [0.3, 0.4) is 0 Å². The third-order valence-corrected chi connectivity index (χ3v) is 4.33. The van der Waals surface area contributed by atoms with Crippen molar-refractivity contribution in [1.82, 2.24) is 15.1 Å². The first kappa shape index (κ1) is 13.3. The van der Waals surface area contributed by atoms with Gasteiger partial charge in [-0.3, -0.25) is 4.79 Å². The summed E-state index contributed by atoms with van der Waals surface area (Å²) in [5, 5.41) is 8.67. The zero-order valence-corrected chi connectivity index (χ0v) is 12.3. The van der Waals surface area contributed by atoms with E-state index < -0.39 is 0 Å². The van der Waals surface area contributed by atoms with Crippen molar-refractivity contribution in [3.05, 3.63) is 42.0 Å². The van der Waals surface area contributed by atoms with Gasteiger partial charge in [0.25, 0.3) is 5.91 Å². The molecule has 0 radical (unpaired) electrons. The first-order chi connectivity index (χ1) is 10.8. The summed E-state index contributed by atoms with van der Waals surface area (Å²) in [4.78, 5) is 16.3. The molecule has 0 N–H and O–H groups in total. The van der Waals surface area contributed by atoms with Crippen molar-refractivity contribution in [2.75, 3.05) is 31.1 Å². The predicted octanol–water partition coefficient (Wildman–Crippen LogP) is 1.91. The van der Waals surface area contributed by atoms with Crippen LogP contribution >= 0.6 is 0 Å². The Morgan fingerprint density at radius 3 is 2.50 bits per heavy atom. The standard InChI is InChI=1S/C16H18N4O2/c21-16(13-5-10-22-11-13)20-8-6-19(7-9-20)15-4-3-14(17-18-15)12-1-2-12/h3-5,10-12H,1-2,6-9H2. The van der Waals surface area contributed by atoms with Crippen LogP contribution in [0.5, 0.6) is 0 Å². The molecule has 2 aromatic rings. The molecule has 2 fully saturated rings. The second-order valence-corrected chi connectivity index (χ2v) is 5.88. The number of furan rings is 1. The molecule has 3 heterocycles. The number of nitrogens with zero attached hydrogens (tertiary/aromatic N) is 4. The largest absolute Gasteiger partial charge is 0.472 e. The van der Waals surface area contributed by atoms with Crippen LogP contribution in [0.25, 0.3) is 0 Å². The Morgan fingerprint density at radius 1 is 1.09 bits per heavy atom. The second kappa shape index (κ2) is 5.44. The average Bonchev–Trinajstić information content (AvgIpc) is 3.29. The fraction of sp³-hybridized carbons (Fsp3) is 0.438. The van der Waals surface area contributed by atoms with Crippen LogP contribution < -0.4 is 4.90 Å². The fourth-order valence-corrected chi connectivity index (χ4v) is 2.81. The van der Waals surface area contributed by atoms with Crippen molar-refractivity contribution >= 4 is 11.7 Å². The predicted molar refractivity (Wildman–Crippen MR) is 80.8 cm³/mol. The number of carbonyl (C=O) groups excluding carboxylic acids is 1. The van der Waals surface area contributed by atoms with E-state index in [9.17, 15) is 4.79 Å². The first-order valence-corrected chi connectivity index (χ1v) is 7.71. The van der Waals surface area contributed by atoms with E-state index >= 15 is 0 Å². The van der Waals surface area contributed by atoms with E-state index in [0.29, 0.717) is 24.6 Å². The molecule has 114 valence electrons. The summed E-state index contributed by atoms with van der Waals surface area (Å²) in [6, 6.07) is 5.84. The number of hydrogen-bond donors (Lipinski definition) is 0. The van der Waals surface area contributed by atoms with Gasteiger partial charge < -0.3 is 14.2 Å². The number of carbonyl (C=O) groups is 1. The molecule has 0 atom stereocenters. The smallest absolute Gasteiger partial charge is 0.257 e. The monoisotopic (exact) mass is 298 g/mol. The molecule has 1 saturated carbocycles. The van der Waals surface area contributed by atoms with Crippen molar-refractivity contribution in [3.63, 3.8) is 0 Å². The molecule has 6 heteroatoms. The number of anilines is 1. The Hall–Kier alpha value is -2.37. The Balaban J connectivity index is 1.38. The van der Waals surface area contributed by atoms with Gasteiger partial charge in [0.1, 0.15) is 6.26 Å². The zero-order valence-electron chi connectivity index (χ0n) is 12.3. The van der Waals surface area contributed by atoms with Gasteiger partial charge in [-0.05, 0) is 31.0 Å². The lowest BCUT2D eigenvalue weighted by atomic mass is 10.2. The highest BCUT2D eigenvalue weighted by molar-refractivity contribution is 5.94. The molecule has 22 heavy (non-hydrogen) atoms. The Morgan fingerprint density at radius 2 is 1.91 bits per heavy atom. The molecule has 0 spiro atoms. The van der Waals surface area contributed by atoms with Gasteiger partial charge in [0.2, 0.25) is 0 Å². The number of hydrogen-bond acceptors (Lipinski definition) is 5. The van der Waals surface area contributed by atoms with Crippen LogP contribution in [-0.2, 0) is 0 Å². The zero-order chi connectivity index (χ0) is 14.9. The molecule has 4 rings (SSSR count).